The van der Waals surface area contributed by atoms with Crippen molar-refractivity contribution in [2.45, 2.75) is 32.7 Å². The lowest BCUT2D eigenvalue weighted by Gasteiger charge is -2.34. The molecule has 6 heteroatoms. The van der Waals surface area contributed by atoms with Crippen LogP contribution in [0.25, 0.3) is 0 Å². The van der Waals surface area contributed by atoms with Gasteiger partial charge >= 0.3 is 0 Å². The molecule has 1 aromatic carbocycles. The third-order valence-electron chi connectivity index (χ3n) is 4.14. The lowest BCUT2D eigenvalue weighted by molar-refractivity contribution is -0.385. The highest BCUT2D eigenvalue weighted by Gasteiger charge is 2.27. The van der Waals surface area contributed by atoms with E-state index < -0.39 is 4.92 Å². The highest BCUT2D eigenvalue weighted by molar-refractivity contribution is 5.95. The zero-order valence-electron chi connectivity index (χ0n) is 12.4. The van der Waals surface area contributed by atoms with Gasteiger partial charge in [-0.05, 0) is 38.7 Å². The summed E-state index contributed by atoms with van der Waals surface area (Å²) in [5.74, 6) is 0.145. The molecule has 1 aromatic rings. The summed E-state index contributed by atoms with van der Waals surface area (Å²) in [6, 6.07) is 4.69. The number of carbonyl (C=O) groups is 1. The molecule has 1 fully saturated rings. The lowest BCUT2D eigenvalue weighted by Crippen LogP contribution is -2.45. The maximum absolute atomic E-state index is 12.5. The molecular formula is C15H21N3O3. The quantitative estimate of drug-likeness (QED) is 0.682. The molecular weight excluding hydrogens is 270 g/mol. The highest BCUT2D eigenvalue weighted by atomic mass is 16.6. The van der Waals surface area contributed by atoms with Gasteiger partial charge in [-0.25, -0.2) is 0 Å². The minimum absolute atomic E-state index is 0.0124. The Morgan fingerprint density at radius 3 is 2.86 bits per heavy atom. The van der Waals surface area contributed by atoms with E-state index in [0.717, 1.165) is 12.8 Å². The standard InChI is InChI=1S/C15H21N3O3/c1-10-5-6-12(8-14(10)18(20)21)15(19)17-7-3-4-13(9-17)11(2)16/h5-6,8,11,13H,3-4,7,9,16H2,1-2H3. The maximum atomic E-state index is 12.5. The molecule has 114 valence electrons. The van der Waals surface area contributed by atoms with E-state index >= 15 is 0 Å². The van der Waals surface area contributed by atoms with Gasteiger partial charge in [-0.2, -0.15) is 0 Å². The number of nitro benzene ring substituents is 1. The van der Waals surface area contributed by atoms with Gasteiger partial charge in [0, 0.05) is 36.3 Å². The molecule has 2 atom stereocenters. The monoisotopic (exact) mass is 291 g/mol. The van der Waals surface area contributed by atoms with Crippen molar-refractivity contribution in [2.24, 2.45) is 11.7 Å². The molecule has 0 spiro atoms. The molecule has 2 rings (SSSR count). The molecule has 0 aliphatic carbocycles. The van der Waals surface area contributed by atoms with Crippen LogP contribution in [0.5, 0.6) is 0 Å². The molecule has 6 nitrogen and oxygen atoms in total. The number of nitrogens with zero attached hydrogens (tertiary/aromatic N) is 2. The van der Waals surface area contributed by atoms with Gasteiger partial charge in [0.15, 0.2) is 0 Å². The van der Waals surface area contributed by atoms with Gasteiger partial charge in [0.05, 0.1) is 4.92 Å². The zero-order valence-corrected chi connectivity index (χ0v) is 12.4. The van der Waals surface area contributed by atoms with E-state index in [-0.39, 0.29) is 17.6 Å². The van der Waals surface area contributed by atoms with E-state index in [2.05, 4.69) is 0 Å². The number of carbonyl (C=O) groups excluding carboxylic acids is 1. The molecule has 0 bridgehead atoms. The van der Waals surface area contributed by atoms with Crippen LogP contribution < -0.4 is 5.73 Å². The third-order valence-corrected chi connectivity index (χ3v) is 4.14. The predicted octanol–water partition coefficient (Wildman–Crippen LogP) is 2.10. The Kier molecular flexibility index (Phi) is 4.57. The Balaban J connectivity index is 2.20. The Labute approximate surface area is 124 Å². The van der Waals surface area contributed by atoms with Crippen LogP contribution in [0.4, 0.5) is 5.69 Å². The van der Waals surface area contributed by atoms with Gasteiger partial charge in [-0.15, -0.1) is 0 Å². The fourth-order valence-electron chi connectivity index (χ4n) is 2.75. The number of nitrogens with two attached hydrogens (primary N) is 1. The average molecular weight is 291 g/mol. The van der Waals surface area contributed by atoms with Crippen molar-refractivity contribution in [1.29, 1.82) is 0 Å². The van der Waals surface area contributed by atoms with Crippen LogP contribution in [0.3, 0.4) is 0 Å². The lowest BCUT2D eigenvalue weighted by atomic mass is 9.92. The predicted molar refractivity (Wildman–Crippen MR) is 80.1 cm³/mol. The van der Waals surface area contributed by atoms with E-state index in [1.54, 1.807) is 24.0 Å². The van der Waals surface area contributed by atoms with Gasteiger partial charge in [0.1, 0.15) is 0 Å². The largest absolute Gasteiger partial charge is 0.338 e. The summed E-state index contributed by atoms with van der Waals surface area (Å²) in [4.78, 5) is 24.8. The van der Waals surface area contributed by atoms with Crippen LogP contribution in [-0.4, -0.2) is 34.9 Å². The first-order valence-corrected chi connectivity index (χ1v) is 7.20. The SMILES string of the molecule is Cc1ccc(C(=O)N2CCCC(C(C)N)C2)cc1[N+](=O)[O-]. The van der Waals surface area contributed by atoms with E-state index in [1.165, 1.54) is 6.07 Å². The number of hydrogen-bond acceptors (Lipinski definition) is 4. The summed E-state index contributed by atoms with van der Waals surface area (Å²) in [5, 5.41) is 11.0. The third kappa shape index (κ3) is 3.39. The summed E-state index contributed by atoms with van der Waals surface area (Å²) < 4.78 is 0. The summed E-state index contributed by atoms with van der Waals surface area (Å²) in [7, 11) is 0. The number of hydrogen-bond donors (Lipinski definition) is 1. The first kappa shape index (κ1) is 15.4. The number of nitro groups is 1. The number of aryl methyl sites for hydroxylation is 1. The molecule has 1 aliphatic heterocycles. The summed E-state index contributed by atoms with van der Waals surface area (Å²) in [6.07, 6.45) is 1.95. The molecule has 1 amide bonds. The first-order valence-electron chi connectivity index (χ1n) is 7.20. The van der Waals surface area contributed by atoms with Crippen LogP contribution in [0.1, 0.15) is 35.7 Å². The molecule has 0 radical (unpaired) electrons. The van der Waals surface area contributed by atoms with E-state index in [1.807, 2.05) is 6.92 Å². The van der Waals surface area contributed by atoms with Crippen molar-refractivity contribution < 1.29 is 9.72 Å². The van der Waals surface area contributed by atoms with Crippen molar-refractivity contribution >= 4 is 11.6 Å². The Bertz CT molecular complexity index is 557. The first-order chi connectivity index (χ1) is 9.90. The molecule has 1 heterocycles. The minimum atomic E-state index is -0.451. The summed E-state index contributed by atoms with van der Waals surface area (Å²) in [5.41, 5.74) is 6.84. The molecule has 1 saturated heterocycles. The number of amides is 1. The van der Waals surface area contributed by atoms with E-state index in [4.69, 9.17) is 5.73 Å². The molecule has 1 aliphatic rings. The van der Waals surface area contributed by atoms with Gasteiger partial charge < -0.3 is 10.6 Å². The molecule has 2 N–H and O–H groups in total. The van der Waals surface area contributed by atoms with Crippen molar-refractivity contribution in [1.82, 2.24) is 4.90 Å². The van der Waals surface area contributed by atoms with Crippen molar-refractivity contribution in [3.63, 3.8) is 0 Å². The normalized spacial score (nSPS) is 20.1. The van der Waals surface area contributed by atoms with Gasteiger partial charge in [0.25, 0.3) is 11.6 Å². The van der Waals surface area contributed by atoms with E-state index in [9.17, 15) is 14.9 Å². The van der Waals surface area contributed by atoms with Crippen molar-refractivity contribution in [2.75, 3.05) is 13.1 Å². The molecule has 0 aromatic heterocycles. The topological polar surface area (TPSA) is 89.5 Å². The summed E-state index contributed by atoms with van der Waals surface area (Å²) in [6.45, 7) is 4.93. The van der Waals surface area contributed by atoms with Crippen LogP contribution >= 0.6 is 0 Å². The maximum Gasteiger partial charge on any atom is 0.273 e. The van der Waals surface area contributed by atoms with Crippen LogP contribution in [0.2, 0.25) is 0 Å². The smallest absolute Gasteiger partial charge is 0.273 e. The number of likely N-dealkylation sites (tertiary alicyclic amines) is 1. The average Bonchev–Trinajstić information content (AvgIpc) is 2.46. The fraction of sp³-hybridized carbons (Fsp3) is 0.533. The second-order valence-corrected chi connectivity index (χ2v) is 5.77. The van der Waals surface area contributed by atoms with Crippen LogP contribution in [-0.2, 0) is 0 Å². The van der Waals surface area contributed by atoms with Gasteiger partial charge in [-0.1, -0.05) is 6.07 Å². The van der Waals surface area contributed by atoms with Crippen LogP contribution in [0, 0.1) is 23.0 Å². The molecule has 2 unspecified atom stereocenters. The second kappa shape index (κ2) is 6.22. The van der Waals surface area contributed by atoms with Crippen molar-refractivity contribution in [3.05, 3.63) is 39.4 Å². The minimum Gasteiger partial charge on any atom is -0.338 e. The Morgan fingerprint density at radius 2 is 2.24 bits per heavy atom. The number of benzene rings is 1. The van der Waals surface area contributed by atoms with E-state index in [0.29, 0.717) is 30.1 Å². The second-order valence-electron chi connectivity index (χ2n) is 5.77. The fourth-order valence-corrected chi connectivity index (χ4v) is 2.75. The molecule has 0 saturated carbocycles. The Hall–Kier alpha value is -1.95. The molecule has 21 heavy (non-hydrogen) atoms. The Morgan fingerprint density at radius 1 is 1.52 bits per heavy atom. The highest BCUT2D eigenvalue weighted by Crippen LogP contribution is 2.23. The van der Waals surface area contributed by atoms with Crippen molar-refractivity contribution in [3.8, 4) is 0 Å². The number of rotatable bonds is 3. The van der Waals surface area contributed by atoms with Crippen LogP contribution in [0.15, 0.2) is 18.2 Å². The van der Waals surface area contributed by atoms with Gasteiger partial charge in [0.2, 0.25) is 0 Å². The number of piperidine rings is 1. The summed E-state index contributed by atoms with van der Waals surface area (Å²) >= 11 is 0. The van der Waals surface area contributed by atoms with Gasteiger partial charge in [-0.3, -0.25) is 14.9 Å². The zero-order chi connectivity index (χ0) is 15.6.